The van der Waals surface area contributed by atoms with Gasteiger partial charge in [0.05, 0.1) is 13.7 Å². The molecule has 1 rings (SSSR count). The predicted molar refractivity (Wildman–Crippen MR) is 100 cm³/mol. The largest absolute Gasteiger partial charge is 0.497 e. The fourth-order valence-electron chi connectivity index (χ4n) is 2.19. The van der Waals surface area contributed by atoms with Crippen molar-refractivity contribution >= 4 is 11.9 Å². The summed E-state index contributed by atoms with van der Waals surface area (Å²) in [5, 5.41) is 2.96. The molecule has 0 aliphatic carbocycles. The minimum absolute atomic E-state index is 0.0721. The average molecular weight is 365 g/mol. The quantitative estimate of drug-likeness (QED) is 0.749. The van der Waals surface area contributed by atoms with Gasteiger partial charge in [0, 0.05) is 0 Å². The molecule has 0 spiro atoms. The molecule has 0 aromatic heterocycles. The van der Waals surface area contributed by atoms with Crippen LogP contribution in [-0.4, -0.2) is 42.8 Å². The number of ether oxygens (including phenoxy) is 3. The Balaban J connectivity index is 2.80. The molecule has 0 bridgehead atoms. The van der Waals surface area contributed by atoms with Gasteiger partial charge in [-0.15, -0.1) is 0 Å². The molecule has 0 aliphatic rings. The lowest BCUT2D eigenvalue weighted by Crippen LogP contribution is -2.45. The lowest BCUT2D eigenvalue weighted by Gasteiger charge is -2.25. The molecule has 0 saturated carbocycles. The molecule has 0 fully saturated rings. The second-order valence-corrected chi connectivity index (χ2v) is 8.11. The first kappa shape index (κ1) is 22.0. The third-order valence-electron chi connectivity index (χ3n) is 3.20. The molecule has 0 amide bonds. The van der Waals surface area contributed by atoms with Crippen LogP contribution >= 0.6 is 0 Å². The molecular formula is C20H31NO5. The second kappa shape index (κ2) is 9.03. The van der Waals surface area contributed by atoms with Gasteiger partial charge in [-0.2, -0.15) is 0 Å². The fourth-order valence-corrected chi connectivity index (χ4v) is 2.19. The van der Waals surface area contributed by atoms with Crippen molar-refractivity contribution in [3.63, 3.8) is 0 Å². The molecule has 1 aromatic carbocycles. The van der Waals surface area contributed by atoms with Gasteiger partial charge in [0.2, 0.25) is 0 Å². The Kier molecular flexibility index (Phi) is 7.63. The van der Waals surface area contributed by atoms with Crippen molar-refractivity contribution in [3.8, 4) is 5.75 Å². The fraction of sp³-hybridized carbons (Fsp3) is 0.600. The normalized spacial score (nSPS) is 13.0. The van der Waals surface area contributed by atoms with Crippen molar-refractivity contribution in [2.75, 3.05) is 13.7 Å². The van der Waals surface area contributed by atoms with Gasteiger partial charge in [0.25, 0.3) is 0 Å². The van der Waals surface area contributed by atoms with Crippen LogP contribution in [0.1, 0.15) is 47.1 Å². The van der Waals surface area contributed by atoms with E-state index in [4.69, 9.17) is 14.2 Å². The number of methoxy groups -OCH3 is 1. The third kappa shape index (κ3) is 8.85. The number of hydrogen-bond acceptors (Lipinski definition) is 6. The third-order valence-corrected chi connectivity index (χ3v) is 3.20. The Labute approximate surface area is 156 Å². The van der Waals surface area contributed by atoms with Gasteiger partial charge in [-0.1, -0.05) is 12.1 Å². The molecule has 1 unspecified atom stereocenters. The summed E-state index contributed by atoms with van der Waals surface area (Å²) in [5.74, 6) is -0.0815. The van der Waals surface area contributed by atoms with Crippen molar-refractivity contribution in [1.29, 1.82) is 0 Å². The molecule has 6 heteroatoms. The number of hydrogen-bond donors (Lipinski definition) is 1. The van der Waals surface area contributed by atoms with E-state index < -0.39 is 29.2 Å². The van der Waals surface area contributed by atoms with Crippen LogP contribution in [0.3, 0.4) is 0 Å². The molecule has 0 heterocycles. The van der Waals surface area contributed by atoms with Crippen LogP contribution in [0.25, 0.3) is 0 Å². The van der Waals surface area contributed by atoms with Gasteiger partial charge in [0.1, 0.15) is 23.0 Å². The first-order valence-corrected chi connectivity index (χ1v) is 8.70. The maximum Gasteiger partial charge on any atom is 0.324 e. The van der Waals surface area contributed by atoms with E-state index in [1.807, 2.05) is 45.0 Å². The Hall–Kier alpha value is -2.08. The van der Waals surface area contributed by atoms with E-state index in [0.717, 1.165) is 11.3 Å². The second-order valence-electron chi connectivity index (χ2n) is 8.11. The lowest BCUT2D eigenvalue weighted by molar-refractivity contribution is -0.158. The van der Waals surface area contributed by atoms with Crippen LogP contribution in [0, 0.1) is 0 Å². The standard InChI is InChI=1S/C20H31NO5/c1-19(2,3)25-17(22)13-21-16(18(23)26-20(4,5)6)12-14-8-10-15(24-7)11-9-14/h8-11,16,21H,12-13H2,1-7H3. The van der Waals surface area contributed by atoms with Crippen molar-refractivity contribution in [2.24, 2.45) is 0 Å². The monoisotopic (exact) mass is 365 g/mol. The number of esters is 2. The van der Waals surface area contributed by atoms with Gasteiger partial charge in [-0.3, -0.25) is 14.9 Å². The summed E-state index contributed by atoms with van der Waals surface area (Å²) in [6.45, 7) is 10.8. The first-order valence-electron chi connectivity index (χ1n) is 8.70. The van der Waals surface area contributed by atoms with Crippen molar-refractivity contribution in [3.05, 3.63) is 29.8 Å². The topological polar surface area (TPSA) is 73.9 Å². The smallest absolute Gasteiger partial charge is 0.324 e. The summed E-state index contributed by atoms with van der Waals surface area (Å²) in [6, 6.07) is 6.76. The minimum Gasteiger partial charge on any atom is -0.497 e. The van der Waals surface area contributed by atoms with Crippen molar-refractivity contribution in [2.45, 2.75) is 65.2 Å². The first-order chi connectivity index (χ1) is 11.9. The predicted octanol–water partition coefficient (Wildman–Crippen LogP) is 2.88. The van der Waals surface area contributed by atoms with Gasteiger partial charge in [-0.05, 0) is 65.7 Å². The molecule has 0 aliphatic heterocycles. The lowest BCUT2D eigenvalue weighted by atomic mass is 10.1. The van der Waals surface area contributed by atoms with E-state index >= 15 is 0 Å². The number of carbonyl (C=O) groups excluding carboxylic acids is 2. The Morgan fingerprint density at radius 3 is 1.96 bits per heavy atom. The maximum atomic E-state index is 12.5. The van der Waals surface area contributed by atoms with E-state index in [2.05, 4.69) is 5.32 Å². The van der Waals surface area contributed by atoms with E-state index in [1.54, 1.807) is 27.9 Å². The maximum absolute atomic E-state index is 12.5. The molecule has 1 N–H and O–H groups in total. The van der Waals surface area contributed by atoms with E-state index in [0.29, 0.717) is 6.42 Å². The molecule has 146 valence electrons. The van der Waals surface area contributed by atoms with Crippen LogP contribution in [0.5, 0.6) is 5.75 Å². The summed E-state index contributed by atoms with van der Waals surface area (Å²) in [7, 11) is 1.60. The zero-order valence-corrected chi connectivity index (χ0v) is 16.8. The molecular weight excluding hydrogens is 334 g/mol. The molecule has 0 radical (unpaired) electrons. The van der Waals surface area contributed by atoms with Crippen LogP contribution in [0.2, 0.25) is 0 Å². The van der Waals surface area contributed by atoms with Gasteiger partial charge >= 0.3 is 11.9 Å². The minimum atomic E-state index is -0.657. The van der Waals surface area contributed by atoms with E-state index in [-0.39, 0.29) is 6.54 Å². The molecule has 1 aromatic rings. The van der Waals surface area contributed by atoms with Gasteiger partial charge in [-0.25, -0.2) is 0 Å². The Morgan fingerprint density at radius 1 is 0.962 bits per heavy atom. The molecule has 0 saturated heterocycles. The average Bonchev–Trinajstić information content (AvgIpc) is 2.48. The van der Waals surface area contributed by atoms with E-state index in [9.17, 15) is 9.59 Å². The van der Waals surface area contributed by atoms with Gasteiger partial charge in [0.15, 0.2) is 0 Å². The number of carbonyl (C=O) groups is 2. The number of nitrogens with one attached hydrogen (secondary N) is 1. The van der Waals surface area contributed by atoms with Crippen molar-refractivity contribution < 1.29 is 23.8 Å². The Morgan fingerprint density at radius 2 is 1.50 bits per heavy atom. The highest BCUT2D eigenvalue weighted by atomic mass is 16.6. The summed E-state index contributed by atoms with van der Waals surface area (Å²) in [5.41, 5.74) is -0.253. The summed E-state index contributed by atoms with van der Waals surface area (Å²) in [4.78, 5) is 24.5. The zero-order chi connectivity index (χ0) is 20.0. The highest BCUT2D eigenvalue weighted by Crippen LogP contribution is 2.15. The Bertz CT molecular complexity index is 596. The molecule has 1 atom stereocenters. The van der Waals surface area contributed by atoms with Crippen LogP contribution in [0.15, 0.2) is 24.3 Å². The van der Waals surface area contributed by atoms with Crippen molar-refractivity contribution in [1.82, 2.24) is 5.32 Å². The number of benzene rings is 1. The van der Waals surface area contributed by atoms with E-state index in [1.165, 1.54) is 0 Å². The summed E-state index contributed by atoms with van der Waals surface area (Å²) < 4.78 is 15.9. The summed E-state index contributed by atoms with van der Waals surface area (Å²) in [6.07, 6.45) is 0.391. The van der Waals surface area contributed by atoms with Crippen LogP contribution in [-0.2, 0) is 25.5 Å². The summed E-state index contributed by atoms with van der Waals surface area (Å²) >= 11 is 0. The van der Waals surface area contributed by atoms with Crippen LogP contribution in [0.4, 0.5) is 0 Å². The SMILES string of the molecule is COc1ccc(CC(NCC(=O)OC(C)(C)C)C(=O)OC(C)(C)C)cc1. The van der Waals surface area contributed by atoms with Crippen LogP contribution < -0.4 is 10.1 Å². The number of rotatable bonds is 7. The highest BCUT2D eigenvalue weighted by molar-refractivity contribution is 5.78. The zero-order valence-electron chi connectivity index (χ0n) is 16.8. The molecule has 26 heavy (non-hydrogen) atoms. The van der Waals surface area contributed by atoms with Gasteiger partial charge < -0.3 is 14.2 Å². The highest BCUT2D eigenvalue weighted by Gasteiger charge is 2.26. The molecule has 6 nitrogen and oxygen atoms in total.